The number of carbonyl (C=O) groups excluding carboxylic acids is 1. The quantitative estimate of drug-likeness (QED) is 0.467. The monoisotopic (exact) mass is 358 g/mol. The van der Waals surface area contributed by atoms with Crippen molar-refractivity contribution < 1.29 is 24.1 Å². The Balaban J connectivity index is 0.000000174. The Labute approximate surface area is 137 Å². The van der Waals surface area contributed by atoms with Crippen molar-refractivity contribution >= 4 is 39.0 Å². The average molecular weight is 358 g/mol. The second kappa shape index (κ2) is 7.87. The van der Waals surface area contributed by atoms with Crippen LogP contribution in [-0.4, -0.2) is 29.3 Å². The number of carbonyl (C=O) groups is 1. The number of nitrogens with zero attached hydrogens (tertiary/aromatic N) is 2. The Bertz CT molecular complexity index is 706. The van der Waals surface area contributed by atoms with Crippen LogP contribution in [0.15, 0.2) is 22.9 Å². The topological polar surface area (TPSA) is 122 Å². The van der Waals surface area contributed by atoms with E-state index in [2.05, 4.69) is 0 Å². The van der Waals surface area contributed by atoms with Crippen molar-refractivity contribution in [3.8, 4) is 0 Å². The number of nitro groups is 2. The number of hydrogen-bond donors (Lipinski definition) is 0. The maximum atomic E-state index is 10.5. The van der Waals surface area contributed by atoms with Gasteiger partial charge in [0, 0.05) is 0 Å². The minimum Gasteiger partial charge on any atom is -0.346 e. The zero-order valence-corrected chi connectivity index (χ0v) is 13.1. The van der Waals surface area contributed by atoms with Crippen LogP contribution in [0.3, 0.4) is 0 Å². The number of thiophene rings is 2. The van der Waals surface area contributed by atoms with E-state index in [9.17, 15) is 25.0 Å². The standard InChI is InChI=1S/C7H7NO4S.C5H3NO3S/c9-8(10)6-5(1-4-13-6)7-11-2-3-12-7;7-3-4-1-2-10-5(4)6(8)9/h1,4,7H,2-3H2;1-3H. The van der Waals surface area contributed by atoms with E-state index in [4.69, 9.17) is 9.47 Å². The van der Waals surface area contributed by atoms with Gasteiger partial charge in [-0.3, -0.25) is 25.0 Å². The smallest absolute Gasteiger partial charge is 0.334 e. The summed E-state index contributed by atoms with van der Waals surface area (Å²) in [6, 6.07) is 3.09. The Kier molecular flexibility index (Phi) is 5.87. The first-order valence-electron chi connectivity index (χ1n) is 6.16. The van der Waals surface area contributed by atoms with Crippen molar-refractivity contribution in [3.63, 3.8) is 0 Å². The number of rotatable bonds is 4. The molecule has 0 amide bonds. The Hall–Kier alpha value is -2.21. The van der Waals surface area contributed by atoms with Gasteiger partial charge < -0.3 is 9.47 Å². The predicted octanol–water partition coefficient (Wildman–Crippen LogP) is 3.17. The van der Waals surface area contributed by atoms with Gasteiger partial charge in [0.2, 0.25) is 0 Å². The van der Waals surface area contributed by atoms with Crippen LogP contribution < -0.4 is 0 Å². The third-order valence-electron chi connectivity index (χ3n) is 2.68. The molecule has 11 heteroatoms. The zero-order valence-electron chi connectivity index (χ0n) is 11.4. The van der Waals surface area contributed by atoms with Gasteiger partial charge in [0.1, 0.15) is 5.56 Å². The molecule has 122 valence electrons. The molecule has 1 saturated heterocycles. The van der Waals surface area contributed by atoms with Gasteiger partial charge in [-0.05, 0) is 22.9 Å². The highest BCUT2D eigenvalue weighted by molar-refractivity contribution is 7.13. The predicted molar refractivity (Wildman–Crippen MR) is 82.0 cm³/mol. The van der Waals surface area contributed by atoms with Gasteiger partial charge >= 0.3 is 10.0 Å². The second-order valence-corrected chi connectivity index (χ2v) is 5.86. The molecule has 1 fully saturated rings. The molecule has 0 bridgehead atoms. The van der Waals surface area contributed by atoms with E-state index in [0.717, 1.165) is 22.7 Å². The van der Waals surface area contributed by atoms with E-state index < -0.39 is 16.1 Å². The maximum absolute atomic E-state index is 10.5. The molecule has 0 aromatic carbocycles. The van der Waals surface area contributed by atoms with Crippen LogP contribution in [0.5, 0.6) is 0 Å². The summed E-state index contributed by atoms with van der Waals surface area (Å²) in [5, 5.41) is 23.8. The van der Waals surface area contributed by atoms with Crippen molar-refractivity contribution in [3.05, 3.63) is 54.2 Å². The van der Waals surface area contributed by atoms with Crippen molar-refractivity contribution in [2.75, 3.05) is 13.2 Å². The summed E-state index contributed by atoms with van der Waals surface area (Å²) >= 11 is 2.04. The molecule has 1 aliphatic rings. The van der Waals surface area contributed by atoms with E-state index in [0.29, 0.717) is 25.1 Å². The molecule has 9 nitrogen and oxygen atoms in total. The molecule has 0 spiro atoms. The Morgan fingerprint density at radius 3 is 2.13 bits per heavy atom. The summed E-state index contributed by atoms with van der Waals surface area (Å²) in [6.45, 7) is 0.995. The van der Waals surface area contributed by atoms with Gasteiger partial charge in [0.25, 0.3) is 0 Å². The van der Waals surface area contributed by atoms with Crippen molar-refractivity contribution in [1.82, 2.24) is 0 Å². The van der Waals surface area contributed by atoms with Crippen LogP contribution in [-0.2, 0) is 9.47 Å². The van der Waals surface area contributed by atoms with Crippen LogP contribution in [0.4, 0.5) is 10.0 Å². The van der Waals surface area contributed by atoms with Crippen LogP contribution >= 0.6 is 22.7 Å². The molecule has 3 rings (SSSR count). The molecule has 0 radical (unpaired) electrons. The molecule has 2 aromatic rings. The average Bonchev–Trinajstić information content (AvgIpc) is 3.26. The van der Waals surface area contributed by atoms with E-state index in [-0.39, 0.29) is 15.6 Å². The highest BCUT2D eigenvalue weighted by atomic mass is 32.1. The van der Waals surface area contributed by atoms with Crippen LogP contribution in [0.2, 0.25) is 0 Å². The van der Waals surface area contributed by atoms with Crippen molar-refractivity contribution in [1.29, 1.82) is 0 Å². The third-order valence-corrected chi connectivity index (χ3v) is 4.44. The molecule has 0 unspecified atom stereocenters. The van der Waals surface area contributed by atoms with E-state index in [1.54, 1.807) is 11.4 Å². The van der Waals surface area contributed by atoms with E-state index in [1.807, 2.05) is 0 Å². The summed E-state index contributed by atoms with van der Waals surface area (Å²) in [5.74, 6) is 0. The third kappa shape index (κ3) is 4.16. The van der Waals surface area contributed by atoms with Gasteiger partial charge in [-0.15, -0.1) is 0 Å². The van der Waals surface area contributed by atoms with E-state index >= 15 is 0 Å². The highest BCUT2D eigenvalue weighted by Crippen LogP contribution is 2.34. The second-order valence-electron chi connectivity index (χ2n) is 4.07. The SMILES string of the molecule is O=Cc1ccsc1[N+](=O)[O-].O=[N+]([O-])c1sccc1C1OCCO1. The first kappa shape index (κ1) is 17.1. The summed E-state index contributed by atoms with van der Waals surface area (Å²) < 4.78 is 10.3. The Morgan fingerprint density at radius 1 is 1.04 bits per heavy atom. The molecular weight excluding hydrogens is 348 g/mol. The van der Waals surface area contributed by atoms with Gasteiger partial charge in [-0.25, -0.2) is 0 Å². The minimum absolute atomic E-state index is 0.0880. The molecule has 2 aromatic heterocycles. The fourth-order valence-corrected chi connectivity index (χ4v) is 3.14. The van der Waals surface area contributed by atoms with Crippen LogP contribution in [0, 0.1) is 20.2 Å². The summed E-state index contributed by atoms with van der Waals surface area (Å²) in [7, 11) is 0. The molecule has 1 aliphatic heterocycles. The molecule has 3 heterocycles. The molecular formula is C12H10N2O7S2. The lowest BCUT2D eigenvalue weighted by Gasteiger charge is -2.04. The van der Waals surface area contributed by atoms with Crippen molar-refractivity contribution in [2.24, 2.45) is 0 Å². The first-order chi connectivity index (χ1) is 11.0. The molecule has 0 aliphatic carbocycles. The zero-order chi connectivity index (χ0) is 16.8. The van der Waals surface area contributed by atoms with E-state index in [1.165, 1.54) is 11.4 Å². The maximum Gasteiger partial charge on any atom is 0.334 e. The number of ether oxygens (including phenoxy) is 2. The normalized spacial score (nSPS) is 14.1. The molecule has 0 saturated carbocycles. The van der Waals surface area contributed by atoms with Gasteiger partial charge in [-0.2, -0.15) is 0 Å². The number of aldehydes is 1. The largest absolute Gasteiger partial charge is 0.346 e. The summed E-state index contributed by atoms with van der Waals surface area (Å²) in [6.07, 6.45) is -0.0686. The lowest BCUT2D eigenvalue weighted by atomic mass is 10.3. The molecule has 0 atom stereocenters. The fourth-order valence-electron chi connectivity index (χ4n) is 1.73. The summed E-state index contributed by atoms with van der Waals surface area (Å²) in [5.41, 5.74) is 0.669. The van der Waals surface area contributed by atoms with Crippen LogP contribution in [0.1, 0.15) is 22.2 Å². The van der Waals surface area contributed by atoms with Gasteiger partial charge in [-0.1, -0.05) is 22.7 Å². The summed E-state index contributed by atoms with van der Waals surface area (Å²) in [4.78, 5) is 29.8. The highest BCUT2D eigenvalue weighted by Gasteiger charge is 2.27. The number of hydrogen-bond acceptors (Lipinski definition) is 9. The lowest BCUT2D eigenvalue weighted by molar-refractivity contribution is -0.382. The Morgan fingerprint density at radius 2 is 1.61 bits per heavy atom. The molecule has 23 heavy (non-hydrogen) atoms. The van der Waals surface area contributed by atoms with Crippen molar-refractivity contribution in [2.45, 2.75) is 6.29 Å². The minimum atomic E-state index is -0.561. The van der Waals surface area contributed by atoms with Gasteiger partial charge in [0.15, 0.2) is 12.6 Å². The molecule has 0 N–H and O–H groups in total. The lowest BCUT2D eigenvalue weighted by Crippen LogP contribution is -1.99. The fraction of sp³-hybridized carbons (Fsp3) is 0.250. The van der Waals surface area contributed by atoms with Crippen LogP contribution in [0.25, 0.3) is 0 Å². The van der Waals surface area contributed by atoms with Gasteiger partial charge in [0.05, 0.1) is 28.6 Å². The first-order valence-corrected chi connectivity index (χ1v) is 7.92.